The third kappa shape index (κ3) is 5.19. The molecule has 0 saturated heterocycles. The number of rotatable bonds is 7. The van der Waals surface area contributed by atoms with Crippen LogP contribution in [0.2, 0.25) is 0 Å². The number of aliphatic hydroxyl groups is 1. The summed E-state index contributed by atoms with van der Waals surface area (Å²) in [6, 6.07) is 6.59. The number of aryl methyl sites for hydroxylation is 2. The lowest BCUT2D eigenvalue weighted by molar-refractivity contribution is 0.236. The third-order valence-corrected chi connectivity index (χ3v) is 3.44. The molecule has 0 heterocycles. The van der Waals surface area contributed by atoms with E-state index in [0.29, 0.717) is 6.61 Å². The van der Waals surface area contributed by atoms with Crippen LogP contribution in [0.4, 0.5) is 0 Å². The van der Waals surface area contributed by atoms with E-state index in [-0.39, 0.29) is 5.41 Å². The molecule has 0 aliphatic carbocycles. The van der Waals surface area contributed by atoms with Crippen molar-refractivity contribution in [1.82, 2.24) is 5.32 Å². The second-order valence-corrected chi connectivity index (χ2v) is 6.02. The lowest BCUT2D eigenvalue weighted by atomic mass is 9.88. The van der Waals surface area contributed by atoms with Crippen molar-refractivity contribution in [2.45, 2.75) is 47.1 Å². The number of hydrogen-bond acceptors (Lipinski definition) is 2. The van der Waals surface area contributed by atoms with Gasteiger partial charge in [0.2, 0.25) is 0 Å². The number of hydrogen-bond donors (Lipinski definition) is 2. The molecule has 0 amide bonds. The Morgan fingerprint density at radius 3 is 2.61 bits per heavy atom. The van der Waals surface area contributed by atoms with Crippen LogP contribution < -0.4 is 5.32 Å². The van der Waals surface area contributed by atoms with E-state index in [2.05, 4.69) is 51.2 Å². The summed E-state index contributed by atoms with van der Waals surface area (Å²) < 4.78 is 0. The van der Waals surface area contributed by atoms with E-state index in [9.17, 15) is 0 Å². The Labute approximate surface area is 111 Å². The summed E-state index contributed by atoms with van der Waals surface area (Å²) >= 11 is 0. The van der Waals surface area contributed by atoms with Gasteiger partial charge in [0.1, 0.15) is 0 Å². The van der Waals surface area contributed by atoms with E-state index in [1.54, 1.807) is 0 Å². The molecule has 1 aromatic carbocycles. The fraction of sp³-hybridized carbons (Fsp3) is 0.625. The highest BCUT2D eigenvalue weighted by atomic mass is 16.2. The standard InChI is InChI=1S/C16H27NO/c1-13-6-7-14(2)15(10-13)11-17-12-16(3,4)8-5-9-18/h6-7,10,17-18H,5,8-9,11-12H2,1-4H3. The van der Waals surface area contributed by atoms with Crippen LogP contribution in [0, 0.1) is 19.3 Å². The van der Waals surface area contributed by atoms with Crippen molar-refractivity contribution in [3.63, 3.8) is 0 Å². The average molecular weight is 249 g/mol. The average Bonchev–Trinajstić information content (AvgIpc) is 2.31. The zero-order valence-electron chi connectivity index (χ0n) is 12.2. The molecule has 18 heavy (non-hydrogen) atoms. The first-order chi connectivity index (χ1) is 8.44. The largest absolute Gasteiger partial charge is 0.396 e. The van der Waals surface area contributed by atoms with Crippen LogP contribution in [0.15, 0.2) is 18.2 Å². The molecule has 0 atom stereocenters. The first-order valence-electron chi connectivity index (χ1n) is 6.82. The van der Waals surface area contributed by atoms with E-state index >= 15 is 0 Å². The lowest BCUT2D eigenvalue weighted by Gasteiger charge is -2.25. The number of aliphatic hydroxyl groups excluding tert-OH is 1. The van der Waals surface area contributed by atoms with Gasteiger partial charge < -0.3 is 10.4 Å². The van der Waals surface area contributed by atoms with Crippen molar-refractivity contribution < 1.29 is 5.11 Å². The van der Waals surface area contributed by atoms with Crippen molar-refractivity contribution in [2.75, 3.05) is 13.2 Å². The van der Waals surface area contributed by atoms with Crippen LogP contribution in [-0.2, 0) is 6.54 Å². The highest BCUT2D eigenvalue weighted by Crippen LogP contribution is 2.21. The van der Waals surface area contributed by atoms with Gasteiger partial charge in [-0.1, -0.05) is 37.6 Å². The number of nitrogens with one attached hydrogen (secondary N) is 1. The van der Waals surface area contributed by atoms with E-state index in [1.807, 2.05) is 0 Å². The maximum absolute atomic E-state index is 8.88. The quantitative estimate of drug-likeness (QED) is 0.778. The molecular weight excluding hydrogens is 222 g/mol. The van der Waals surface area contributed by atoms with Gasteiger partial charge in [-0.3, -0.25) is 0 Å². The molecule has 0 radical (unpaired) electrons. The first-order valence-corrected chi connectivity index (χ1v) is 6.82. The van der Waals surface area contributed by atoms with Gasteiger partial charge in [0.05, 0.1) is 0 Å². The molecule has 2 nitrogen and oxygen atoms in total. The first kappa shape index (κ1) is 15.2. The minimum atomic E-state index is 0.250. The van der Waals surface area contributed by atoms with Crippen LogP contribution in [-0.4, -0.2) is 18.3 Å². The normalized spacial score (nSPS) is 11.8. The van der Waals surface area contributed by atoms with Crippen LogP contribution in [0.25, 0.3) is 0 Å². The van der Waals surface area contributed by atoms with Crippen molar-refractivity contribution in [2.24, 2.45) is 5.41 Å². The zero-order valence-corrected chi connectivity index (χ0v) is 12.2. The summed E-state index contributed by atoms with van der Waals surface area (Å²) in [5.41, 5.74) is 4.30. The van der Waals surface area contributed by atoms with E-state index in [0.717, 1.165) is 25.9 Å². The molecule has 2 heteroatoms. The predicted octanol–water partition coefficient (Wildman–Crippen LogP) is 3.19. The van der Waals surface area contributed by atoms with E-state index in [4.69, 9.17) is 5.11 Å². The molecule has 102 valence electrons. The van der Waals surface area contributed by atoms with Crippen LogP contribution in [0.1, 0.15) is 43.4 Å². The summed E-state index contributed by atoms with van der Waals surface area (Å²) in [6.07, 6.45) is 1.95. The second-order valence-electron chi connectivity index (χ2n) is 6.02. The monoisotopic (exact) mass is 249 g/mol. The van der Waals surface area contributed by atoms with Gasteiger partial charge in [-0.25, -0.2) is 0 Å². The van der Waals surface area contributed by atoms with Crippen molar-refractivity contribution >= 4 is 0 Å². The summed E-state index contributed by atoms with van der Waals surface area (Å²) in [4.78, 5) is 0. The van der Waals surface area contributed by atoms with Gasteiger partial charge >= 0.3 is 0 Å². The van der Waals surface area contributed by atoms with Gasteiger partial charge in [-0.2, -0.15) is 0 Å². The van der Waals surface area contributed by atoms with Crippen LogP contribution in [0.5, 0.6) is 0 Å². The summed E-state index contributed by atoms with van der Waals surface area (Å²) in [6.45, 7) is 11.0. The molecule has 0 aliphatic heterocycles. The Balaban J connectivity index is 2.43. The minimum absolute atomic E-state index is 0.250. The molecule has 0 unspecified atom stereocenters. The minimum Gasteiger partial charge on any atom is -0.396 e. The second kappa shape index (κ2) is 6.91. The van der Waals surface area contributed by atoms with E-state index in [1.165, 1.54) is 16.7 Å². The van der Waals surface area contributed by atoms with Crippen LogP contribution in [0.3, 0.4) is 0 Å². The molecule has 0 fully saturated rings. The molecular formula is C16H27NO. The van der Waals surface area contributed by atoms with Crippen molar-refractivity contribution in [3.8, 4) is 0 Å². The highest BCUT2D eigenvalue weighted by molar-refractivity contribution is 5.30. The predicted molar refractivity (Wildman–Crippen MR) is 77.7 cm³/mol. The molecule has 0 spiro atoms. The Bertz CT molecular complexity index is 371. The van der Waals surface area contributed by atoms with Gasteiger partial charge in [-0.15, -0.1) is 0 Å². The maximum Gasteiger partial charge on any atom is 0.0431 e. The third-order valence-electron chi connectivity index (χ3n) is 3.44. The zero-order chi connectivity index (χ0) is 13.6. The van der Waals surface area contributed by atoms with Gasteiger partial charge in [-0.05, 0) is 43.2 Å². The summed E-state index contributed by atoms with van der Waals surface area (Å²) in [5, 5.41) is 12.4. The topological polar surface area (TPSA) is 32.3 Å². The Hall–Kier alpha value is -0.860. The highest BCUT2D eigenvalue weighted by Gasteiger charge is 2.16. The summed E-state index contributed by atoms with van der Waals surface area (Å²) in [7, 11) is 0. The summed E-state index contributed by atoms with van der Waals surface area (Å²) in [5.74, 6) is 0. The van der Waals surface area contributed by atoms with Crippen molar-refractivity contribution in [1.29, 1.82) is 0 Å². The maximum atomic E-state index is 8.88. The number of benzene rings is 1. The van der Waals surface area contributed by atoms with Gasteiger partial charge in [0, 0.05) is 19.7 Å². The van der Waals surface area contributed by atoms with Crippen molar-refractivity contribution in [3.05, 3.63) is 34.9 Å². The lowest BCUT2D eigenvalue weighted by Crippen LogP contribution is -2.29. The molecule has 0 bridgehead atoms. The fourth-order valence-corrected chi connectivity index (χ4v) is 2.17. The molecule has 1 rings (SSSR count). The SMILES string of the molecule is Cc1ccc(C)c(CNCC(C)(C)CCCO)c1. The molecule has 1 aromatic rings. The smallest absolute Gasteiger partial charge is 0.0431 e. The van der Waals surface area contributed by atoms with Gasteiger partial charge in [0.25, 0.3) is 0 Å². The Kier molecular flexibility index (Phi) is 5.83. The fourth-order valence-electron chi connectivity index (χ4n) is 2.17. The molecule has 0 aliphatic rings. The molecule has 0 aromatic heterocycles. The molecule has 2 N–H and O–H groups in total. The Morgan fingerprint density at radius 2 is 1.94 bits per heavy atom. The van der Waals surface area contributed by atoms with E-state index < -0.39 is 0 Å². The molecule has 0 saturated carbocycles. The van der Waals surface area contributed by atoms with Gasteiger partial charge in [0.15, 0.2) is 0 Å². The van der Waals surface area contributed by atoms with Crippen LogP contribution >= 0.6 is 0 Å². The Morgan fingerprint density at radius 1 is 1.22 bits per heavy atom.